The molecule has 2 saturated heterocycles. The molecule has 9 heteroatoms. The van der Waals surface area contributed by atoms with Gasteiger partial charge in [-0.2, -0.15) is 0 Å². The van der Waals surface area contributed by atoms with E-state index in [-0.39, 0.29) is 24.0 Å². The number of nitrogens with one attached hydrogen (secondary N) is 1. The van der Waals surface area contributed by atoms with Gasteiger partial charge in [-0.05, 0) is 24.1 Å². The number of likely N-dealkylation sites (tertiary alicyclic amines) is 1. The summed E-state index contributed by atoms with van der Waals surface area (Å²) >= 11 is 0. The van der Waals surface area contributed by atoms with E-state index < -0.39 is 0 Å². The summed E-state index contributed by atoms with van der Waals surface area (Å²) in [5.74, 6) is 2.83. The fourth-order valence-electron chi connectivity index (χ4n) is 3.93. The number of morpholine rings is 1. The molecule has 0 amide bonds. The summed E-state index contributed by atoms with van der Waals surface area (Å²) in [5, 5.41) is 3.47. The number of ether oxygens (including phenoxy) is 4. The van der Waals surface area contributed by atoms with Gasteiger partial charge in [0.15, 0.2) is 17.5 Å². The van der Waals surface area contributed by atoms with Gasteiger partial charge >= 0.3 is 0 Å². The summed E-state index contributed by atoms with van der Waals surface area (Å²) in [6.45, 7) is 6.36. The maximum atomic E-state index is 5.48. The monoisotopic (exact) mass is 520 g/mol. The van der Waals surface area contributed by atoms with Crippen molar-refractivity contribution in [3.8, 4) is 17.2 Å². The first-order valence-corrected chi connectivity index (χ1v) is 9.76. The molecule has 3 rings (SSSR count). The van der Waals surface area contributed by atoms with Crippen LogP contribution in [0.3, 0.4) is 0 Å². The molecule has 2 aliphatic heterocycles. The lowest BCUT2D eigenvalue weighted by atomic mass is 10.2. The van der Waals surface area contributed by atoms with Crippen LogP contribution in [0, 0.1) is 0 Å². The SMILES string of the molecule is CN=C(NCc1cc(OC)c(OC)c(OC)c1)N1CCC(N2CCOCC2)C1.I. The van der Waals surface area contributed by atoms with Crippen LogP contribution in [-0.2, 0) is 11.3 Å². The maximum Gasteiger partial charge on any atom is 0.203 e. The molecule has 0 radical (unpaired) electrons. The molecule has 1 aromatic rings. The largest absolute Gasteiger partial charge is 0.493 e. The highest BCUT2D eigenvalue weighted by atomic mass is 127. The quantitative estimate of drug-likeness (QED) is 0.349. The third-order valence-corrected chi connectivity index (χ3v) is 5.41. The van der Waals surface area contributed by atoms with Crippen molar-refractivity contribution in [3.05, 3.63) is 17.7 Å². The van der Waals surface area contributed by atoms with Crippen molar-refractivity contribution in [2.75, 3.05) is 67.8 Å². The molecular formula is C20H33IN4O4. The molecule has 1 N–H and O–H groups in total. The third-order valence-electron chi connectivity index (χ3n) is 5.41. The Labute approximate surface area is 190 Å². The molecule has 0 spiro atoms. The summed E-state index contributed by atoms with van der Waals surface area (Å²) < 4.78 is 21.8. The van der Waals surface area contributed by atoms with Gasteiger partial charge in [-0.15, -0.1) is 24.0 Å². The highest BCUT2D eigenvalue weighted by Crippen LogP contribution is 2.38. The number of hydrogen-bond donors (Lipinski definition) is 1. The topological polar surface area (TPSA) is 67.8 Å². The molecule has 0 aliphatic carbocycles. The molecule has 1 aromatic carbocycles. The predicted octanol–water partition coefficient (Wildman–Crippen LogP) is 1.81. The lowest BCUT2D eigenvalue weighted by Gasteiger charge is -2.32. The summed E-state index contributed by atoms with van der Waals surface area (Å²) in [4.78, 5) is 9.35. The summed E-state index contributed by atoms with van der Waals surface area (Å²) in [7, 11) is 6.70. The normalized spacial score (nSPS) is 20.2. The van der Waals surface area contributed by atoms with Crippen LogP contribution in [0.5, 0.6) is 17.2 Å². The number of halogens is 1. The third kappa shape index (κ3) is 5.79. The number of rotatable bonds is 6. The highest BCUT2D eigenvalue weighted by Gasteiger charge is 2.30. The molecule has 1 unspecified atom stereocenters. The first kappa shape index (κ1) is 23.8. The Morgan fingerprint density at radius 2 is 1.76 bits per heavy atom. The van der Waals surface area contributed by atoms with Gasteiger partial charge in [-0.3, -0.25) is 9.89 Å². The lowest BCUT2D eigenvalue weighted by Crippen LogP contribution is -2.46. The Kier molecular flexibility index (Phi) is 9.57. The number of nitrogens with zero attached hydrogens (tertiary/aromatic N) is 3. The van der Waals surface area contributed by atoms with Crippen molar-refractivity contribution in [1.29, 1.82) is 0 Å². The van der Waals surface area contributed by atoms with E-state index in [2.05, 4.69) is 20.1 Å². The second kappa shape index (κ2) is 11.7. The van der Waals surface area contributed by atoms with E-state index in [0.29, 0.717) is 29.8 Å². The Hall–Kier alpha value is -1.46. The zero-order valence-electron chi connectivity index (χ0n) is 17.8. The number of methoxy groups -OCH3 is 3. The molecule has 0 saturated carbocycles. The Morgan fingerprint density at radius 1 is 1.10 bits per heavy atom. The fourth-order valence-corrected chi connectivity index (χ4v) is 3.93. The van der Waals surface area contributed by atoms with Gasteiger partial charge in [0.1, 0.15) is 0 Å². The number of hydrogen-bond acceptors (Lipinski definition) is 6. The van der Waals surface area contributed by atoms with Crippen LogP contribution >= 0.6 is 24.0 Å². The Morgan fingerprint density at radius 3 is 2.31 bits per heavy atom. The van der Waals surface area contributed by atoms with E-state index >= 15 is 0 Å². The first-order chi connectivity index (χ1) is 13.7. The molecule has 2 fully saturated rings. The molecular weight excluding hydrogens is 487 g/mol. The van der Waals surface area contributed by atoms with Gasteiger partial charge in [-0.25, -0.2) is 0 Å². The van der Waals surface area contributed by atoms with Crippen LogP contribution in [-0.4, -0.2) is 89.6 Å². The van der Waals surface area contributed by atoms with E-state index in [9.17, 15) is 0 Å². The number of aliphatic imine (C=N–C) groups is 1. The Balaban J connectivity index is 0.00000300. The molecule has 0 bridgehead atoms. The second-order valence-corrected chi connectivity index (χ2v) is 6.97. The van der Waals surface area contributed by atoms with Gasteiger partial charge < -0.3 is 29.2 Å². The predicted molar refractivity (Wildman–Crippen MR) is 124 cm³/mol. The molecule has 29 heavy (non-hydrogen) atoms. The fraction of sp³-hybridized carbons (Fsp3) is 0.650. The van der Waals surface area contributed by atoms with E-state index in [4.69, 9.17) is 18.9 Å². The average Bonchev–Trinajstić information content (AvgIpc) is 3.24. The van der Waals surface area contributed by atoms with Crippen LogP contribution in [0.2, 0.25) is 0 Å². The summed E-state index contributed by atoms with van der Waals surface area (Å²) in [5.41, 5.74) is 1.04. The van der Waals surface area contributed by atoms with Crippen molar-refractivity contribution >= 4 is 29.9 Å². The van der Waals surface area contributed by atoms with Gasteiger partial charge in [0.05, 0.1) is 34.5 Å². The van der Waals surface area contributed by atoms with Crippen molar-refractivity contribution in [1.82, 2.24) is 15.1 Å². The maximum absolute atomic E-state index is 5.48. The molecule has 8 nitrogen and oxygen atoms in total. The first-order valence-electron chi connectivity index (χ1n) is 9.76. The van der Waals surface area contributed by atoms with E-state index in [1.807, 2.05) is 19.2 Å². The van der Waals surface area contributed by atoms with Crippen molar-refractivity contribution < 1.29 is 18.9 Å². The van der Waals surface area contributed by atoms with Gasteiger partial charge in [0.2, 0.25) is 5.75 Å². The van der Waals surface area contributed by atoms with Crippen LogP contribution in [0.25, 0.3) is 0 Å². The zero-order valence-corrected chi connectivity index (χ0v) is 20.1. The molecule has 2 aliphatic rings. The van der Waals surface area contributed by atoms with Crippen molar-refractivity contribution in [3.63, 3.8) is 0 Å². The van der Waals surface area contributed by atoms with Crippen LogP contribution in [0.1, 0.15) is 12.0 Å². The Bertz CT molecular complexity index is 657. The van der Waals surface area contributed by atoms with Gasteiger partial charge in [-0.1, -0.05) is 0 Å². The summed E-state index contributed by atoms with van der Waals surface area (Å²) in [6, 6.07) is 4.49. The summed E-state index contributed by atoms with van der Waals surface area (Å²) in [6.07, 6.45) is 1.16. The minimum Gasteiger partial charge on any atom is -0.493 e. The van der Waals surface area contributed by atoms with Crippen molar-refractivity contribution in [2.24, 2.45) is 4.99 Å². The van der Waals surface area contributed by atoms with Crippen LogP contribution < -0.4 is 19.5 Å². The minimum atomic E-state index is 0. The zero-order chi connectivity index (χ0) is 19.9. The number of guanidine groups is 1. The van der Waals surface area contributed by atoms with E-state index in [0.717, 1.165) is 57.3 Å². The van der Waals surface area contributed by atoms with Gasteiger partial charge in [0, 0.05) is 45.8 Å². The second-order valence-electron chi connectivity index (χ2n) is 6.97. The van der Waals surface area contributed by atoms with Crippen molar-refractivity contribution in [2.45, 2.75) is 19.0 Å². The van der Waals surface area contributed by atoms with Crippen LogP contribution in [0.4, 0.5) is 0 Å². The average molecular weight is 520 g/mol. The molecule has 1 atom stereocenters. The number of benzene rings is 1. The van der Waals surface area contributed by atoms with E-state index in [1.54, 1.807) is 21.3 Å². The lowest BCUT2D eigenvalue weighted by molar-refractivity contribution is 0.0195. The smallest absolute Gasteiger partial charge is 0.203 e. The highest BCUT2D eigenvalue weighted by molar-refractivity contribution is 14.0. The molecule has 2 heterocycles. The molecule has 0 aromatic heterocycles. The molecule has 164 valence electrons. The van der Waals surface area contributed by atoms with Crippen LogP contribution in [0.15, 0.2) is 17.1 Å². The van der Waals surface area contributed by atoms with Gasteiger partial charge in [0.25, 0.3) is 0 Å². The van der Waals surface area contributed by atoms with E-state index in [1.165, 1.54) is 0 Å². The minimum absolute atomic E-state index is 0. The standard InChI is InChI=1S/C20H32N4O4.HI/c1-21-20(24-6-5-16(14-24)23-7-9-28-10-8-23)22-13-15-11-17(25-2)19(27-4)18(12-15)26-3;/h11-12,16H,5-10,13-14H2,1-4H3,(H,21,22);1H.